The summed E-state index contributed by atoms with van der Waals surface area (Å²) < 4.78 is 0. The standard InChI is InChI=1S/C11H15N3O/c15-10-5-8-1-2-9(6-10)14(8)11-7-12-3-4-13-11/h3-4,7-10,15H,1-2,5-6H2/t8-,9+,10?. The van der Waals surface area contributed by atoms with E-state index in [1.807, 2.05) is 6.20 Å². The Hall–Kier alpha value is -1.16. The molecule has 0 aromatic carbocycles. The van der Waals surface area contributed by atoms with Crippen molar-refractivity contribution in [2.24, 2.45) is 0 Å². The van der Waals surface area contributed by atoms with E-state index >= 15 is 0 Å². The summed E-state index contributed by atoms with van der Waals surface area (Å²) in [5, 5.41) is 9.69. The Balaban J connectivity index is 1.89. The van der Waals surface area contributed by atoms with Gasteiger partial charge in [0.05, 0.1) is 12.3 Å². The molecule has 2 fully saturated rings. The van der Waals surface area contributed by atoms with E-state index in [-0.39, 0.29) is 6.10 Å². The van der Waals surface area contributed by atoms with Crippen molar-refractivity contribution >= 4 is 5.82 Å². The quantitative estimate of drug-likeness (QED) is 0.742. The Bertz CT molecular complexity index is 329. The van der Waals surface area contributed by atoms with E-state index < -0.39 is 0 Å². The van der Waals surface area contributed by atoms with Crippen LogP contribution in [0.2, 0.25) is 0 Å². The van der Waals surface area contributed by atoms with Crippen molar-refractivity contribution in [2.45, 2.75) is 43.9 Å². The third-order valence-corrected chi connectivity index (χ3v) is 3.52. The molecule has 4 heteroatoms. The summed E-state index contributed by atoms with van der Waals surface area (Å²) in [5.41, 5.74) is 0. The number of fused-ring (bicyclic) bond motifs is 2. The van der Waals surface area contributed by atoms with Gasteiger partial charge in [-0.2, -0.15) is 0 Å². The minimum atomic E-state index is -0.115. The first-order valence-corrected chi connectivity index (χ1v) is 5.57. The smallest absolute Gasteiger partial charge is 0.147 e. The predicted octanol–water partition coefficient (Wildman–Crippen LogP) is 0.969. The Labute approximate surface area is 89.0 Å². The highest BCUT2D eigenvalue weighted by atomic mass is 16.3. The molecule has 2 bridgehead atoms. The summed E-state index contributed by atoms with van der Waals surface area (Å²) in [5.74, 6) is 0.969. The number of piperidine rings is 1. The van der Waals surface area contributed by atoms with Crippen LogP contribution in [0.4, 0.5) is 5.82 Å². The molecule has 2 saturated heterocycles. The first kappa shape index (κ1) is 9.09. The van der Waals surface area contributed by atoms with Gasteiger partial charge < -0.3 is 10.0 Å². The summed E-state index contributed by atoms with van der Waals surface area (Å²) in [7, 11) is 0. The number of aliphatic hydroxyl groups is 1. The number of rotatable bonds is 1. The number of hydrogen-bond acceptors (Lipinski definition) is 4. The van der Waals surface area contributed by atoms with E-state index in [4.69, 9.17) is 0 Å². The van der Waals surface area contributed by atoms with Crippen molar-refractivity contribution in [2.75, 3.05) is 4.90 Å². The van der Waals surface area contributed by atoms with Gasteiger partial charge in [-0.15, -0.1) is 0 Å². The minimum Gasteiger partial charge on any atom is -0.393 e. The van der Waals surface area contributed by atoms with Gasteiger partial charge >= 0.3 is 0 Å². The topological polar surface area (TPSA) is 49.2 Å². The summed E-state index contributed by atoms with van der Waals surface area (Å²) in [6.45, 7) is 0. The first-order valence-electron chi connectivity index (χ1n) is 5.57. The van der Waals surface area contributed by atoms with Crippen molar-refractivity contribution in [1.29, 1.82) is 0 Å². The van der Waals surface area contributed by atoms with Crippen LogP contribution in [-0.2, 0) is 0 Å². The maximum absolute atomic E-state index is 9.69. The number of aromatic nitrogens is 2. The number of hydrogen-bond donors (Lipinski definition) is 1. The van der Waals surface area contributed by atoms with Crippen LogP contribution in [0.1, 0.15) is 25.7 Å². The average Bonchev–Trinajstić information content (AvgIpc) is 2.53. The van der Waals surface area contributed by atoms with Crippen LogP contribution in [0.5, 0.6) is 0 Å². The lowest BCUT2D eigenvalue weighted by molar-refractivity contribution is 0.126. The van der Waals surface area contributed by atoms with Gasteiger partial charge in [-0.3, -0.25) is 4.98 Å². The fourth-order valence-electron chi connectivity index (χ4n) is 2.95. The van der Waals surface area contributed by atoms with E-state index in [0.29, 0.717) is 12.1 Å². The third kappa shape index (κ3) is 1.49. The molecule has 2 aliphatic rings. The molecule has 3 heterocycles. The summed E-state index contributed by atoms with van der Waals surface area (Å²) >= 11 is 0. The van der Waals surface area contributed by atoms with Crippen LogP contribution in [0.15, 0.2) is 18.6 Å². The molecule has 0 aliphatic carbocycles. The van der Waals surface area contributed by atoms with E-state index in [1.54, 1.807) is 12.4 Å². The Morgan fingerprint density at radius 3 is 2.53 bits per heavy atom. The SMILES string of the molecule is OC1C[C@H]2CC[C@@H](C1)N2c1cnccn1. The van der Waals surface area contributed by atoms with Crippen LogP contribution in [-0.4, -0.2) is 33.3 Å². The molecule has 3 rings (SSSR count). The molecule has 1 aromatic rings. The van der Waals surface area contributed by atoms with E-state index in [0.717, 1.165) is 18.7 Å². The van der Waals surface area contributed by atoms with Crippen LogP contribution >= 0.6 is 0 Å². The zero-order valence-electron chi connectivity index (χ0n) is 8.58. The second-order valence-electron chi connectivity index (χ2n) is 4.48. The average molecular weight is 205 g/mol. The molecule has 15 heavy (non-hydrogen) atoms. The lowest BCUT2D eigenvalue weighted by Gasteiger charge is -2.37. The summed E-state index contributed by atoms with van der Waals surface area (Å²) in [6, 6.07) is 0.936. The van der Waals surface area contributed by atoms with Gasteiger partial charge in [-0.1, -0.05) is 0 Å². The van der Waals surface area contributed by atoms with Crippen molar-refractivity contribution in [3.63, 3.8) is 0 Å². The fraction of sp³-hybridized carbons (Fsp3) is 0.636. The molecule has 0 saturated carbocycles. The van der Waals surface area contributed by atoms with Crippen LogP contribution < -0.4 is 4.90 Å². The van der Waals surface area contributed by atoms with Gasteiger partial charge in [0, 0.05) is 24.5 Å². The lowest BCUT2D eigenvalue weighted by atomic mass is 10.0. The summed E-state index contributed by atoms with van der Waals surface area (Å²) in [6.07, 6.45) is 9.26. The lowest BCUT2D eigenvalue weighted by Crippen LogP contribution is -2.45. The van der Waals surface area contributed by atoms with Gasteiger partial charge in [0.1, 0.15) is 5.82 Å². The van der Waals surface area contributed by atoms with Crippen LogP contribution in [0, 0.1) is 0 Å². The molecule has 4 nitrogen and oxygen atoms in total. The molecular formula is C11H15N3O. The van der Waals surface area contributed by atoms with E-state index in [2.05, 4.69) is 14.9 Å². The van der Waals surface area contributed by atoms with Crippen molar-refractivity contribution in [3.05, 3.63) is 18.6 Å². The maximum Gasteiger partial charge on any atom is 0.147 e. The molecule has 1 N–H and O–H groups in total. The minimum absolute atomic E-state index is 0.115. The molecule has 1 aromatic heterocycles. The molecule has 2 aliphatic heterocycles. The van der Waals surface area contributed by atoms with Crippen molar-refractivity contribution in [3.8, 4) is 0 Å². The molecule has 1 unspecified atom stereocenters. The van der Waals surface area contributed by atoms with E-state index in [1.165, 1.54) is 12.8 Å². The van der Waals surface area contributed by atoms with Gasteiger partial charge in [0.25, 0.3) is 0 Å². The fourth-order valence-corrected chi connectivity index (χ4v) is 2.95. The van der Waals surface area contributed by atoms with Gasteiger partial charge in [-0.05, 0) is 25.7 Å². The largest absolute Gasteiger partial charge is 0.393 e. The van der Waals surface area contributed by atoms with Crippen molar-refractivity contribution < 1.29 is 5.11 Å². The molecule has 80 valence electrons. The number of aliphatic hydroxyl groups excluding tert-OH is 1. The highest BCUT2D eigenvalue weighted by molar-refractivity contribution is 5.41. The summed E-state index contributed by atoms with van der Waals surface area (Å²) in [4.78, 5) is 10.8. The first-order chi connectivity index (χ1) is 7.34. The zero-order valence-corrected chi connectivity index (χ0v) is 8.58. The maximum atomic E-state index is 9.69. The predicted molar refractivity (Wildman–Crippen MR) is 56.6 cm³/mol. The van der Waals surface area contributed by atoms with Gasteiger partial charge in [0.2, 0.25) is 0 Å². The van der Waals surface area contributed by atoms with Crippen molar-refractivity contribution in [1.82, 2.24) is 9.97 Å². The highest BCUT2D eigenvalue weighted by Crippen LogP contribution is 2.37. The molecule has 3 atom stereocenters. The highest BCUT2D eigenvalue weighted by Gasteiger charge is 2.40. The third-order valence-electron chi connectivity index (χ3n) is 3.52. The molecule has 0 spiro atoms. The van der Waals surface area contributed by atoms with E-state index in [9.17, 15) is 5.11 Å². The Kier molecular flexibility index (Phi) is 2.09. The van der Waals surface area contributed by atoms with Crippen LogP contribution in [0.3, 0.4) is 0 Å². The normalized spacial score (nSPS) is 34.5. The van der Waals surface area contributed by atoms with Crippen LogP contribution in [0.25, 0.3) is 0 Å². The molecular weight excluding hydrogens is 190 g/mol. The molecule has 0 amide bonds. The second kappa shape index (κ2) is 3.45. The zero-order chi connectivity index (χ0) is 10.3. The van der Waals surface area contributed by atoms with Gasteiger partial charge in [0.15, 0.2) is 0 Å². The second-order valence-corrected chi connectivity index (χ2v) is 4.48. The number of anilines is 1. The monoisotopic (exact) mass is 205 g/mol. The number of nitrogens with zero attached hydrogens (tertiary/aromatic N) is 3. The van der Waals surface area contributed by atoms with Gasteiger partial charge in [-0.25, -0.2) is 4.98 Å². The Morgan fingerprint density at radius 1 is 1.20 bits per heavy atom. The molecule has 0 radical (unpaired) electrons. The Morgan fingerprint density at radius 2 is 1.93 bits per heavy atom.